The van der Waals surface area contributed by atoms with Gasteiger partial charge in [0.25, 0.3) is 5.56 Å². The van der Waals surface area contributed by atoms with Crippen LogP contribution < -0.4 is 5.56 Å². The second kappa shape index (κ2) is 8.01. The molecule has 0 saturated carbocycles. The third kappa shape index (κ3) is 4.19. The third-order valence-electron chi connectivity index (χ3n) is 4.10. The molecule has 0 aliphatic rings. The van der Waals surface area contributed by atoms with Crippen molar-refractivity contribution in [3.63, 3.8) is 0 Å². The molecule has 0 aliphatic carbocycles. The Hall–Kier alpha value is -1.58. The van der Waals surface area contributed by atoms with Gasteiger partial charge in [-0.15, -0.1) is 0 Å². The van der Waals surface area contributed by atoms with Crippen molar-refractivity contribution < 1.29 is 0 Å². The van der Waals surface area contributed by atoms with Crippen molar-refractivity contribution in [3.8, 4) is 0 Å². The molecule has 0 aromatic carbocycles. The Morgan fingerprint density at radius 3 is 2.43 bits per heavy atom. The highest BCUT2D eigenvalue weighted by atomic mass is 16.1. The standard InChI is InChI=1S/C17H27N3O/c1-3-4-5-6-7-8-9-10-13-19-15(2)14-17(21)20-16(19)11-12-18-20/h11-12,14H,3-10,13H2,1-2H3. The van der Waals surface area contributed by atoms with Crippen LogP contribution in [0.2, 0.25) is 0 Å². The molecule has 0 atom stereocenters. The van der Waals surface area contributed by atoms with Crippen molar-refractivity contribution in [3.05, 3.63) is 34.4 Å². The lowest BCUT2D eigenvalue weighted by molar-refractivity contribution is 0.540. The fourth-order valence-electron chi connectivity index (χ4n) is 2.86. The third-order valence-corrected chi connectivity index (χ3v) is 4.10. The highest BCUT2D eigenvalue weighted by molar-refractivity contribution is 5.38. The first kappa shape index (κ1) is 15.8. The number of rotatable bonds is 9. The first-order valence-corrected chi connectivity index (χ1v) is 8.28. The maximum Gasteiger partial charge on any atom is 0.274 e. The molecule has 2 heterocycles. The highest BCUT2D eigenvalue weighted by Crippen LogP contribution is 2.11. The van der Waals surface area contributed by atoms with E-state index in [-0.39, 0.29) is 5.56 Å². The molecule has 21 heavy (non-hydrogen) atoms. The van der Waals surface area contributed by atoms with E-state index in [0.717, 1.165) is 17.9 Å². The zero-order chi connectivity index (χ0) is 15.1. The van der Waals surface area contributed by atoms with Crippen LogP contribution >= 0.6 is 0 Å². The van der Waals surface area contributed by atoms with Crippen molar-refractivity contribution >= 4 is 5.65 Å². The summed E-state index contributed by atoms with van der Waals surface area (Å²) in [5.41, 5.74) is 1.89. The van der Waals surface area contributed by atoms with Crippen LogP contribution in [0.3, 0.4) is 0 Å². The van der Waals surface area contributed by atoms with E-state index in [4.69, 9.17) is 0 Å². The first-order valence-electron chi connectivity index (χ1n) is 8.28. The van der Waals surface area contributed by atoms with Gasteiger partial charge in [-0.2, -0.15) is 9.61 Å². The lowest BCUT2D eigenvalue weighted by Gasteiger charge is -2.12. The number of hydrogen-bond donors (Lipinski definition) is 0. The van der Waals surface area contributed by atoms with Gasteiger partial charge in [0.15, 0.2) is 0 Å². The Kier molecular flexibility index (Phi) is 6.03. The molecule has 0 fully saturated rings. The molecule has 0 aliphatic heterocycles. The molecule has 0 amide bonds. The molecule has 0 N–H and O–H groups in total. The first-order chi connectivity index (χ1) is 10.2. The van der Waals surface area contributed by atoms with Gasteiger partial charge in [-0.25, -0.2) is 0 Å². The maximum atomic E-state index is 11.8. The molecule has 4 heteroatoms. The molecule has 0 radical (unpaired) electrons. The Bertz CT molecular complexity index is 612. The number of nitrogens with zero attached hydrogens (tertiary/aromatic N) is 3. The van der Waals surface area contributed by atoms with E-state index in [9.17, 15) is 4.79 Å². The summed E-state index contributed by atoms with van der Waals surface area (Å²) in [6.45, 7) is 5.22. The zero-order valence-electron chi connectivity index (χ0n) is 13.3. The molecule has 0 saturated heterocycles. The minimum atomic E-state index is -0.0420. The molecular weight excluding hydrogens is 262 g/mol. The molecule has 0 bridgehead atoms. The molecule has 2 aromatic rings. The number of fused-ring (bicyclic) bond motifs is 1. The van der Waals surface area contributed by atoms with Gasteiger partial charge in [0.05, 0.1) is 6.20 Å². The van der Waals surface area contributed by atoms with Gasteiger partial charge >= 0.3 is 0 Å². The lowest BCUT2D eigenvalue weighted by Crippen LogP contribution is -2.19. The van der Waals surface area contributed by atoms with Crippen LogP contribution in [-0.4, -0.2) is 14.2 Å². The van der Waals surface area contributed by atoms with E-state index in [2.05, 4.69) is 16.6 Å². The quantitative estimate of drug-likeness (QED) is 0.656. The minimum Gasteiger partial charge on any atom is -0.330 e. The van der Waals surface area contributed by atoms with E-state index >= 15 is 0 Å². The molecule has 0 spiro atoms. The summed E-state index contributed by atoms with van der Waals surface area (Å²) >= 11 is 0. The number of unbranched alkanes of at least 4 members (excludes halogenated alkanes) is 7. The molecule has 2 aromatic heterocycles. The van der Waals surface area contributed by atoms with E-state index in [1.807, 2.05) is 13.0 Å². The Labute approximate surface area is 126 Å². The number of aryl methyl sites for hydroxylation is 2. The Morgan fingerprint density at radius 2 is 1.71 bits per heavy atom. The van der Waals surface area contributed by atoms with Crippen LogP contribution in [0.25, 0.3) is 5.65 Å². The van der Waals surface area contributed by atoms with E-state index in [0.29, 0.717) is 0 Å². The fourth-order valence-corrected chi connectivity index (χ4v) is 2.86. The zero-order valence-corrected chi connectivity index (χ0v) is 13.3. The van der Waals surface area contributed by atoms with Crippen LogP contribution in [0.5, 0.6) is 0 Å². The highest BCUT2D eigenvalue weighted by Gasteiger charge is 2.06. The average Bonchev–Trinajstić information content (AvgIpc) is 2.94. The van der Waals surface area contributed by atoms with Crippen molar-refractivity contribution in [2.24, 2.45) is 0 Å². The predicted octanol–water partition coefficient (Wildman–Crippen LogP) is 3.95. The summed E-state index contributed by atoms with van der Waals surface area (Å²) in [5.74, 6) is 0. The molecular formula is C17H27N3O. The smallest absolute Gasteiger partial charge is 0.274 e. The summed E-state index contributed by atoms with van der Waals surface area (Å²) in [6.07, 6.45) is 12.2. The van der Waals surface area contributed by atoms with Crippen LogP contribution in [0.15, 0.2) is 23.1 Å². The Balaban J connectivity index is 1.81. The Morgan fingerprint density at radius 1 is 1.05 bits per heavy atom. The van der Waals surface area contributed by atoms with Gasteiger partial charge in [0.1, 0.15) is 5.65 Å². The normalized spacial score (nSPS) is 11.3. The number of aromatic nitrogens is 3. The maximum absolute atomic E-state index is 11.8. The summed E-state index contributed by atoms with van der Waals surface area (Å²) in [4.78, 5) is 11.8. The van der Waals surface area contributed by atoms with Gasteiger partial charge in [0.2, 0.25) is 0 Å². The van der Waals surface area contributed by atoms with Gasteiger partial charge in [-0.1, -0.05) is 51.9 Å². The van der Waals surface area contributed by atoms with Crippen LogP contribution in [0.1, 0.15) is 64.0 Å². The van der Waals surface area contributed by atoms with E-state index < -0.39 is 0 Å². The van der Waals surface area contributed by atoms with E-state index in [1.165, 1.54) is 55.9 Å². The lowest BCUT2D eigenvalue weighted by atomic mass is 10.1. The van der Waals surface area contributed by atoms with Gasteiger partial charge in [0, 0.05) is 24.4 Å². The monoisotopic (exact) mass is 289 g/mol. The van der Waals surface area contributed by atoms with Crippen molar-refractivity contribution in [2.45, 2.75) is 71.8 Å². The van der Waals surface area contributed by atoms with E-state index in [1.54, 1.807) is 12.3 Å². The van der Waals surface area contributed by atoms with Crippen LogP contribution in [-0.2, 0) is 6.54 Å². The van der Waals surface area contributed by atoms with Crippen molar-refractivity contribution in [2.75, 3.05) is 0 Å². The number of hydrogen-bond acceptors (Lipinski definition) is 2. The van der Waals surface area contributed by atoms with Gasteiger partial charge in [-0.05, 0) is 13.3 Å². The van der Waals surface area contributed by atoms with Crippen molar-refractivity contribution in [1.82, 2.24) is 14.2 Å². The largest absolute Gasteiger partial charge is 0.330 e. The summed E-state index contributed by atoms with van der Waals surface area (Å²) in [6, 6.07) is 3.59. The van der Waals surface area contributed by atoms with Crippen molar-refractivity contribution in [1.29, 1.82) is 0 Å². The summed E-state index contributed by atoms with van der Waals surface area (Å²) in [7, 11) is 0. The van der Waals surface area contributed by atoms with Gasteiger partial charge < -0.3 is 4.57 Å². The molecule has 2 rings (SSSR count). The predicted molar refractivity (Wildman–Crippen MR) is 86.8 cm³/mol. The van der Waals surface area contributed by atoms with Crippen LogP contribution in [0, 0.1) is 6.92 Å². The van der Waals surface area contributed by atoms with Crippen LogP contribution in [0.4, 0.5) is 0 Å². The molecule has 4 nitrogen and oxygen atoms in total. The molecule has 0 unspecified atom stereocenters. The minimum absolute atomic E-state index is 0.0420. The summed E-state index contributed by atoms with van der Waals surface area (Å²) in [5, 5.41) is 4.09. The SMILES string of the molecule is CCCCCCCCCCn1c(C)cc(=O)n2nccc12. The second-order valence-electron chi connectivity index (χ2n) is 5.85. The second-order valence-corrected chi connectivity index (χ2v) is 5.85. The average molecular weight is 289 g/mol. The fraction of sp³-hybridized carbons (Fsp3) is 0.647. The molecule has 116 valence electrons. The van der Waals surface area contributed by atoms with Gasteiger partial charge in [-0.3, -0.25) is 4.79 Å². The summed E-state index contributed by atoms with van der Waals surface area (Å²) < 4.78 is 3.68. The topological polar surface area (TPSA) is 39.3 Å².